The van der Waals surface area contributed by atoms with Crippen LogP contribution >= 0.6 is 22.9 Å². The van der Waals surface area contributed by atoms with Crippen molar-refractivity contribution in [1.82, 2.24) is 4.57 Å². The number of benzene rings is 2. The smallest absolute Gasteiger partial charge is 0.338 e. The molecule has 0 aliphatic carbocycles. The fourth-order valence-corrected chi connectivity index (χ4v) is 4.69. The number of thiazole rings is 1. The van der Waals surface area contributed by atoms with Gasteiger partial charge in [0.15, 0.2) is 4.80 Å². The van der Waals surface area contributed by atoms with Crippen LogP contribution in [0.4, 0.5) is 0 Å². The summed E-state index contributed by atoms with van der Waals surface area (Å²) in [5.74, 6) is -0.461. The molecule has 5 nitrogen and oxygen atoms in total. The molecule has 0 saturated carbocycles. The maximum atomic E-state index is 13.4. The summed E-state index contributed by atoms with van der Waals surface area (Å²) < 4.78 is 7.62. The molecule has 2 heterocycles. The number of rotatable bonds is 4. The summed E-state index contributed by atoms with van der Waals surface area (Å²) in [4.78, 5) is 31.6. The first-order chi connectivity index (χ1) is 14.8. The average Bonchev–Trinajstić information content (AvgIpc) is 3.03. The molecule has 0 saturated heterocycles. The minimum Gasteiger partial charge on any atom is -0.459 e. The van der Waals surface area contributed by atoms with Crippen LogP contribution in [0.25, 0.3) is 6.08 Å². The van der Waals surface area contributed by atoms with Crippen LogP contribution < -0.4 is 14.9 Å². The minimum atomic E-state index is -0.601. The van der Waals surface area contributed by atoms with Crippen LogP contribution in [0.5, 0.6) is 0 Å². The van der Waals surface area contributed by atoms with Gasteiger partial charge in [0.2, 0.25) is 0 Å². The first-order valence-corrected chi connectivity index (χ1v) is 11.1. The van der Waals surface area contributed by atoms with E-state index in [9.17, 15) is 9.59 Å². The van der Waals surface area contributed by atoms with Gasteiger partial charge in [0.25, 0.3) is 5.56 Å². The van der Waals surface area contributed by atoms with Gasteiger partial charge >= 0.3 is 5.97 Å². The average molecular weight is 453 g/mol. The molecule has 1 aliphatic rings. The molecule has 158 valence electrons. The second kappa shape index (κ2) is 8.65. The zero-order chi connectivity index (χ0) is 22.1. The number of aromatic nitrogens is 1. The first-order valence-electron chi connectivity index (χ1n) is 9.89. The number of carbonyl (C=O) groups excluding carboxylic acids is 1. The molecule has 2 aromatic carbocycles. The van der Waals surface area contributed by atoms with E-state index in [1.165, 1.54) is 11.3 Å². The van der Waals surface area contributed by atoms with Gasteiger partial charge in [-0.05, 0) is 50.1 Å². The third kappa shape index (κ3) is 4.27. The van der Waals surface area contributed by atoms with Gasteiger partial charge in [0, 0.05) is 5.02 Å². The predicted octanol–water partition coefficient (Wildman–Crippen LogP) is 3.84. The molecule has 1 atom stereocenters. The van der Waals surface area contributed by atoms with Gasteiger partial charge < -0.3 is 4.74 Å². The number of carbonyl (C=O) groups is 1. The lowest BCUT2D eigenvalue weighted by molar-refractivity contribution is -0.143. The highest BCUT2D eigenvalue weighted by molar-refractivity contribution is 7.07. The molecule has 31 heavy (non-hydrogen) atoms. The van der Waals surface area contributed by atoms with E-state index in [0.29, 0.717) is 25.6 Å². The number of esters is 1. The SMILES string of the molecule is CC1=C(C(=O)OC(C)C)C(c2ccccc2)n2c(sc(=Cc3ccc(Cl)cc3)c2=O)=N1. The fraction of sp³-hybridized carbons (Fsp3) is 0.208. The second-order valence-electron chi connectivity index (χ2n) is 7.50. The lowest BCUT2D eigenvalue weighted by atomic mass is 9.96. The molecular formula is C24H21ClN2O3S. The Morgan fingerprint density at radius 1 is 1.16 bits per heavy atom. The largest absolute Gasteiger partial charge is 0.459 e. The number of hydrogen-bond donors (Lipinski definition) is 0. The molecule has 0 bridgehead atoms. The van der Waals surface area contributed by atoms with E-state index in [-0.39, 0.29) is 11.7 Å². The van der Waals surface area contributed by atoms with Crippen molar-refractivity contribution in [3.63, 3.8) is 0 Å². The van der Waals surface area contributed by atoms with Gasteiger partial charge in [0.05, 0.1) is 27.9 Å². The summed E-state index contributed by atoms with van der Waals surface area (Å²) in [5.41, 5.74) is 2.42. The van der Waals surface area contributed by atoms with Crippen molar-refractivity contribution in [2.75, 3.05) is 0 Å². The standard InChI is InChI=1S/C24H21ClN2O3S/c1-14(2)30-23(29)20-15(3)26-24-27(21(20)17-7-5-4-6-8-17)22(28)19(31-24)13-16-9-11-18(25)12-10-16/h4-14,21H,1-3H3. The maximum absolute atomic E-state index is 13.4. The van der Waals surface area contributed by atoms with Gasteiger partial charge in [-0.15, -0.1) is 0 Å². The van der Waals surface area contributed by atoms with Crippen LogP contribution in [-0.2, 0) is 9.53 Å². The molecule has 0 spiro atoms. The quantitative estimate of drug-likeness (QED) is 0.565. The second-order valence-corrected chi connectivity index (χ2v) is 8.94. The van der Waals surface area contributed by atoms with E-state index >= 15 is 0 Å². The Morgan fingerprint density at radius 3 is 2.48 bits per heavy atom. The van der Waals surface area contributed by atoms with Crippen molar-refractivity contribution in [2.24, 2.45) is 4.99 Å². The molecule has 1 aliphatic heterocycles. The van der Waals surface area contributed by atoms with Gasteiger partial charge in [-0.1, -0.05) is 65.4 Å². The topological polar surface area (TPSA) is 60.7 Å². The monoisotopic (exact) mass is 452 g/mol. The first kappa shape index (κ1) is 21.3. The van der Waals surface area contributed by atoms with E-state index in [1.807, 2.05) is 48.5 Å². The molecule has 1 unspecified atom stereocenters. The summed E-state index contributed by atoms with van der Waals surface area (Å²) in [6.45, 7) is 5.38. The molecule has 3 aromatic rings. The van der Waals surface area contributed by atoms with Crippen molar-refractivity contribution < 1.29 is 9.53 Å². The number of fused-ring (bicyclic) bond motifs is 1. The lowest BCUT2D eigenvalue weighted by Gasteiger charge is -2.25. The predicted molar refractivity (Wildman–Crippen MR) is 123 cm³/mol. The van der Waals surface area contributed by atoms with Gasteiger partial charge in [-0.2, -0.15) is 0 Å². The molecule has 1 aromatic heterocycles. The van der Waals surface area contributed by atoms with Crippen molar-refractivity contribution in [2.45, 2.75) is 32.9 Å². The highest BCUT2D eigenvalue weighted by atomic mass is 35.5. The van der Waals surface area contributed by atoms with Crippen LogP contribution in [0.2, 0.25) is 5.02 Å². The minimum absolute atomic E-state index is 0.199. The Balaban J connectivity index is 1.93. The number of allylic oxidation sites excluding steroid dienone is 1. The van der Waals surface area contributed by atoms with Crippen molar-refractivity contribution in [1.29, 1.82) is 0 Å². The van der Waals surface area contributed by atoms with Gasteiger partial charge in [-0.3, -0.25) is 9.36 Å². The fourth-order valence-electron chi connectivity index (χ4n) is 3.52. The van der Waals surface area contributed by atoms with E-state index in [0.717, 1.165) is 11.1 Å². The van der Waals surface area contributed by atoms with Crippen LogP contribution in [0.3, 0.4) is 0 Å². The molecule has 7 heteroatoms. The summed E-state index contributed by atoms with van der Waals surface area (Å²) in [6, 6.07) is 16.2. The summed E-state index contributed by atoms with van der Waals surface area (Å²) >= 11 is 7.27. The summed E-state index contributed by atoms with van der Waals surface area (Å²) in [6.07, 6.45) is 1.53. The molecule has 0 fully saturated rings. The summed E-state index contributed by atoms with van der Waals surface area (Å²) in [7, 11) is 0. The molecule has 0 N–H and O–H groups in total. The van der Waals surface area contributed by atoms with Crippen LogP contribution in [0.1, 0.15) is 37.9 Å². The van der Waals surface area contributed by atoms with Crippen LogP contribution in [0, 0.1) is 0 Å². The van der Waals surface area contributed by atoms with E-state index in [4.69, 9.17) is 16.3 Å². The summed E-state index contributed by atoms with van der Waals surface area (Å²) in [5, 5.41) is 0.631. The zero-order valence-electron chi connectivity index (χ0n) is 17.3. The third-order valence-electron chi connectivity index (χ3n) is 4.87. The molecular weight excluding hydrogens is 432 g/mol. The van der Waals surface area contributed by atoms with E-state index in [2.05, 4.69) is 4.99 Å². The van der Waals surface area contributed by atoms with Crippen LogP contribution in [-0.4, -0.2) is 16.6 Å². The molecule has 0 radical (unpaired) electrons. The molecule has 0 amide bonds. The third-order valence-corrected chi connectivity index (χ3v) is 6.10. The highest BCUT2D eigenvalue weighted by Crippen LogP contribution is 2.30. The van der Waals surface area contributed by atoms with Gasteiger partial charge in [0.1, 0.15) is 0 Å². The Labute approximate surface area is 188 Å². The zero-order valence-corrected chi connectivity index (χ0v) is 18.9. The Kier molecular flexibility index (Phi) is 5.94. The Hall–Kier alpha value is -2.96. The van der Waals surface area contributed by atoms with Crippen molar-refractivity contribution >= 4 is 35.0 Å². The number of hydrogen-bond acceptors (Lipinski definition) is 5. The number of nitrogens with zero attached hydrogens (tertiary/aromatic N) is 2. The highest BCUT2D eigenvalue weighted by Gasteiger charge is 2.33. The van der Waals surface area contributed by atoms with E-state index < -0.39 is 12.0 Å². The maximum Gasteiger partial charge on any atom is 0.338 e. The normalized spacial score (nSPS) is 16.3. The number of ether oxygens (including phenoxy) is 1. The van der Waals surface area contributed by atoms with Crippen LogP contribution in [0.15, 0.2) is 75.7 Å². The Morgan fingerprint density at radius 2 is 1.84 bits per heavy atom. The molecule has 4 rings (SSSR count). The van der Waals surface area contributed by atoms with Crippen molar-refractivity contribution in [3.05, 3.63) is 102 Å². The van der Waals surface area contributed by atoms with E-state index in [1.54, 1.807) is 37.5 Å². The lowest BCUT2D eigenvalue weighted by Crippen LogP contribution is -2.40. The van der Waals surface area contributed by atoms with Crippen molar-refractivity contribution in [3.8, 4) is 0 Å². The van der Waals surface area contributed by atoms with Gasteiger partial charge in [-0.25, -0.2) is 9.79 Å². The Bertz CT molecular complexity index is 1340. The number of halogens is 1.